The number of H-pyrrole nitrogens is 1. The van der Waals surface area contributed by atoms with Crippen LogP contribution in [0.4, 0.5) is 19.0 Å². The van der Waals surface area contributed by atoms with Crippen molar-refractivity contribution in [3.8, 4) is 11.8 Å². The van der Waals surface area contributed by atoms with Crippen LogP contribution in [0.5, 0.6) is 11.8 Å². The van der Waals surface area contributed by atoms with Crippen molar-refractivity contribution in [3.05, 3.63) is 46.1 Å². The van der Waals surface area contributed by atoms with Gasteiger partial charge in [0.25, 0.3) is 5.91 Å². The topological polar surface area (TPSA) is 123 Å². The highest BCUT2D eigenvalue weighted by molar-refractivity contribution is 5.94. The molecule has 1 amide bonds. The Bertz CT molecular complexity index is 911. The zero-order valence-corrected chi connectivity index (χ0v) is 16.9. The number of nitrogens with zero attached hydrogens (tertiary/aromatic N) is 3. The summed E-state index contributed by atoms with van der Waals surface area (Å²) in [6.45, 7) is 2.65. The number of likely N-dealkylation sites (tertiary alicyclic amines) is 1. The number of rotatable bonds is 9. The molecule has 10 nitrogen and oxygen atoms in total. The summed E-state index contributed by atoms with van der Waals surface area (Å²) in [6.07, 6.45) is -2.03. The number of imidazole rings is 1. The van der Waals surface area contributed by atoms with Gasteiger partial charge >= 0.3 is 18.2 Å². The smallest absolute Gasteiger partial charge is 0.445 e. The maximum Gasteiger partial charge on any atom is 0.573 e. The van der Waals surface area contributed by atoms with Gasteiger partial charge in [-0.2, -0.15) is 0 Å². The Kier molecular flexibility index (Phi) is 7.51. The molecule has 2 heterocycles. The summed E-state index contributed by atoms with van der Waals surface area (Å²) in [5.74, 6) is -0.532. The van der Waals surface area contributed by atoms with Crippen molar-refractivity contribution in [2.24, 2.45) is 5.92 Å². The Hall–Kier alpha value is -3.35. The van der Waals surface area contributed by atoms with Crippen LogP contribution >= 0.6 is 0 Å². The molecule has 0 saturated carbocycles. The maximum atomic E-state index is 12.6. The molecule has 3 rings (SSSR count). The zero-order chi connectivity index (χ0) is 23.1. The van der Waals surface area contributed by atoms with Crippen molar-refractivity contribution in [1.82, 2.24) is 20.2 Å². The van der Waals surface area contributed by atoms with Crippen LogP contribution in [0.25, 0.3) is 0 Å². The molecule has 174 valence electrons. The van der Waals surface area contributed by atoms with Crippen molar-refractivity contribution in [1.29, 1.82) is 0 Å². The second kappa shape index (κ2) is 10.3. The highest BCUT2D eigenvalue weighted by atomic mass is 19.4. The summed E-state index contributed by atoms with van der Waals surface area (Å²) >= 11 is 0. The number of alkyl halides is 3. The molecular weight excluding hydrogens is 435 g/mol. The van der Waals surface area contributed by atoms with Crippen LogP contribution < -0.4 is 14.8 Å². The number of halogens is 3. The van der Waals surface area contributed by atoms with Crippen molar-refractivity contribution < 1.29 is 32.4 Å². The van der Waals surface area contributed by atoms with Crippen molar-refractivity contribution in [2.75, 3.05) is 32.8 Å². The zero-order valence-electron chi connectivity index (χ0n) is 16.9. The Morgan fingerprint density at radius 3 is 2.56 bits per heavy atom. The highest BCUT2D eigenvalue weighted by Gasteiger charge is 2.31. The fourth-order valence-corrected chi connectivity index (χ4v) is 3.31. The monoisotopic (exact) mass is 457 g/mol. The van der Waals surface area contributed by atoms with Gasteiger partial charge in [-0.3, -0.25) is 9.78 Å². The molecule has 1 aromatic carbocycles. The van der Waals surface area contributed by atoms with E-state index in [-0.39, 0.29) is 30.1 Å². The van der Waals surface area contributed by atoms with Crippen LogP contribution in [0.15, 0.2) is 30.5 Å². The van der Waals surface area contributed by atoms with Gasteiger partial charge in [0.2, 0.25) is 0 Å². The maximum absolute atomic E-state index is 12.6. The Labute approximate surface area is 180 Å². The molecule has 1 aliphatic heterocycles. The van der Waals surface area contributed by atoms with Gasteiger partial charge in [-0.15, -0.1) is 13.2 Å². The van der Waals surface area contributed by atoms with E-state index >= 15 is 0 Å². The lowest BCUT2D eigenvalue weighted by molar-refractivity contribution is -0.389. The fraction of sp³-hybridized carbons (Fsp3) is 0.474. The average Bonchev–Trinajstić information content (AvgIpc) is 3.22. The van der Waals surface area contributed by atoms with Gasteiger partial charge in [-0.1, -0.05) is 0 Å². The van der Waals surface area contributed by atoms with E-state index in [2.05, 4.69) is 20.0 Å². The van der Waals surface area contributed by atoms with Gasteiger partial charge in [0.05, 0.1) is 0 Å². The SMILES string of the molecule is O=C(c1ccc(OC(F)(F)F)cc1)N1CCC(CNCCOc2nc([N+](=O)[O-])c[nH]2)CC1. The molecule has 0 radical (unpaired) electrons. The number of carbonyl (C=O) groups excluding carboxylic acids is 1. The number of amides is 1. The lowest BCUT2D eigenvalue weighted by Crippen LogP contribution is -2.41. The molecular formula is C19H22F3N5O5. The fourth-order valence-electron chi connectivity index (χ4n) is 3.31. The summed E-state index contributed by atoms with van der Waals surface area (Å²) in [6, 6.07) is 4.99. The second-order valence-electron chi connectivity index (χ2n) is 7.18. The first-order valence-corrected chi connectivity index (χ1v) is 9.89. The van der Waals surface area contributed by atoms with Gasteiger partial charge < -0.3 is 29.8 Å². The summed E-state index contributed by atoms with van der Waals surface area (Å²) < 4.78 is 45.8. The van der Waals surface area contributed by atoms with Crippen molar-refractivity contribution in [3.63, 3.8) is 0 Å². The molecule has 0 unspecified atom stereocenters. The third kappa shape index (κ3) is 6.83. The van der Waals surface area contributed by atoms with E-state index in [0.29, 0.717) is 31.1 Å². The number of benzene rings is 1. The van der Waals surface area contributed by atoms with Crippen LogP contribution in [0.2, 0.25) is 0 Å². The molecule has 0 aliphatic carbocycles. The summed E-state index contributed by atoms with van der Waals surface area (Å²) in [5, 5.41) is 13.8. The lowest BCUT2D eigenvalue weighted by Gasteiger charge is -2.32. The van der Waals surface area contributed by atoms with Crippen molar-refractivity contribution in [2.45, 2.75) is 19.2 Å². The Balaban J connectivity index is 1.33. The second-order valence-corrected chi connectivity index (χ2v) is 7.18. The number of carbonyl (C=O) groups is 1. The minimum atomic E-state index is -4.77. The predicted molar refractivity (Wildman–Crippen MR) is 105 cm³/mol. The quantitative estimate of drug-likeness (QED) is 0.337. The van der Waals surface area contributed by atoms with E-state index in [0.717, 1.165) is 37.7 Å². The van der Waals surface area contributed by atoms with Crippen LogP contribution in [0.1, 0.15) is 23.2 Å². The van der Waals surface area contributed by atoms with E-state index in [9.17, 15) is 28.1 Å². The third-order valence-corrected chi connectivity index (χ3v) is 4.92. The molecule has 32 heavy (non-hydrogen) atoms. The molecule has 13 heteroatoms. The molecule has 1 saturated heterocycles. The Morgan fingerprint density at radius 1 is 1.28 bits per heavy atom. The molecule has 2 N–H and O–H groups in total. The number of piperidine rings is 1. The molecule has 1 fully saturated rings. The minimum absolute atomic E-state index is 0.0864. The van der Waals surface area contributed by atoms with Crippen molar-refractivity contribution >= 4 is 11.7 Å². The molecule has 0 atom stereocenters. The van der Waals surface area contributed by atoms with Gasteiger partial charge in [0.1, 0.15) is 18.6 Å². The number of hydrogen-bond acceptors (Lipinski definition) is 7. The lowest BCUT2D eigenvalue weighted by atomic mass is 9.96. The molecule has 2 aromatic rings. The van der Waals surface area contributed by atoms with E-state index in [1.807, 2.05) is 0 Å². The van der Waals surface area contributed by atoms with E-state index in [4.69, 9.17) is 4.74 Å². The van der Waals surface area contributed by atoms with E-state index in [1.165, 1.54) is 12.1 Å². The molecule has 1 aliphatic rings. The van der Waals surface area contributed by atoms with Gasteiger partial charge in [0, 0.05) is 30.2 Å². The number of aromatic nitrogens is 2. The molecule has 0 spiro atoms. The third-order valence-electron chi connectivity index (χ3n) is 4.92. The summed E-state index contributed by atoms with van der Waals surface area (Å²) in [4.78, 5) is 30.4. The average molecular weight is 457 g/mol. The molecule has 1 aromatic heterocycles. The van der Waals surface area contributed by atoms with Crippen LogP contribution in [-0.4, -0.2) is 64.8 Å². The van der Waals surface area contributed by atoms with Crippen LogP contribution in [0.3, 0.4) is 0 Å². The van der Waals surface area contributed by atoms with Crippen LogP contribution in [0, 0.1) is 16.0 Å². The number of ether oxygens (including phenoxy) is 2. The predicted octanol–water partition coefficient (Wildman–Crippen LogP) is 2.74. The first kappa shape index (κ1) is 23.3. The van der Waals surface area contributed by atoms with E-state index < -0.39 is 11.3 Å². The first-order chi connectivity index (χ1) is 15.2. The number of aromatic amines is 1. The molecule has 0 bridgehead atoms. The van der Waals surface area contributed by atoms with Gasteiger partial charge in [-0.05, 0) is 54.5 Å². The number of hydrogen-bond donors (Lipinski definition) is 2. The van der Waals surface area contributed by atoms with Gasteiger partial charge in [0.15, 0.2) is 0 Å². The largest absolute Gasteiger partial charge is 0.573 e. The number of nitrogens with one attached hydrogen (secondary N) is 2. The minimum Gasteiger partial charge on any atom is -0.445 e. The summed E-state index contributed by atoms with van der Waals surface area (Å²) in [7, 11) is 0. The highest BCUT2D eigenvalue weighted by Crippen LogP contribution is 2.24. The summed E-state index contributed by atoms with van der Waals surface area (Å²) in [5.41, 5.74) is 0.311. The standard InChI is InChI=1S/C19H22F3N5O5/c20-19(21,22)32-15-3-1-14(2-4-15)17(28)26-8-5-13(6-9-26)11-23-7-10-31-18-24-12-16(25-18)27(29)30/h1-4,12-13,23H,5-11H2,(H,24,25). The first-order valence-electron chi connectivity index (χ1n) is 9.89. The number of nitro groups is 1. The van der Waals surface area contributed by atoms with Gasteiger partial charge in [-0.25, -0.2) is 0 Å². The van der Waals surface area contributed by atoms with Crippen LogP contribution in [-0.2, 0) is 0 Å². The Morgan fingerprint density at radius 2 is 1.97 bits per heavy atom. The normalized spacial score (nSPS) is 14.9. The van der Waals surface area contributed by atoms with E-state index in [1.54, 1.807) is 4.90 Å².